The van der Waals surface area contributed by atoms with Gasteiger partial charge >= 0.3 is 0 Å². The summed E-state index contributed by atoms with van der Waals surface area (Å²) >= 11 is 1.34. The number of allylic oxidation sites excluding steroid dienone is 1. The van der Waals surface area contributed by atoms with Gasteiger partial charge in [-0.2, -0.15) is 0 Å². The second-order valence-electron chi connectivity index (χ2n) is 6.11. The summed E-state index contributed by atoms with van der Waals surface area (Å²) in [4.78, 5) is 19.7. The van der Waals surface area contributed by atoms with E-state index in [-0.39, 0.29) is 11.7 Å². The number of nitrogens with zero attached hydrogens (tertiary/aromatic N) is 2. The zero-order chi connectivity index (χ0) is 20.1. The first-order valence-corrected chi connectivity index (χ1v) is 9.75. The monoisotopic (exact) mass is 394 g/mol. The molecule has 1 amide bonds. The van der Waals surface area contributed by atoms with Gasteiger partial charge in [-0.3, -0.25) is 9.69 Å². The number of para-hydroxylation sites is 1. The molecule has 6 heteroatoms. The zero-order valence-electron chi connectivity index (χ0n) is 15.9. The Morgan fingerprint density at radius 3 is 2.68 bits per heavy atom. The lowest BCUT2D eigenvalue weighted by Gasteiger charge is -2.12. The summed E-state index contributed by atoms with van der Waals surface area (Å²) in [5.74, 6) is 0.378. The molecule has 5 nitrogen and oxygen atoms in total. The molecule has 1 heterocycles. The van der Waals surface area contributed by atoms with E-state index in [2.05, 4.69) is 11.6 Å². The molecule has 1 aliphatic rings. The highest BCUT2D eigenvalue weighted by Crippen LogP contribution is 2.37. The molecular weight excluding hydrogens is 372 g/mol. The van der Waals surface area contributed by atoms with Gasteiger partial charge in [-0.15, -0.1) is 6.58 Å². The maximum atomic E-state index is 12.8. The molecular formula is C22H22N2O3S. The summed E-state index contributed by atoms with van der Waals surface area (Å²) in [7, 11) is 1.50. The Hall–Kier alpha value is -2.99. The largest absolute Gasteiger partial charge is 0.504 e. The van der Waals surface area contributed by atoms with Gasteiger partial charge in [-0.1, -0.05) is 24.3 Å². The second kappa shape index (κ2) is 8.80. The van der Waals surface area contributed by atoms with Crippen molar-refractivity contribution in [1.29, 1.82) is 0 Å². The number of carbonyl (C=O) groups is 1. The van der Waals surface area contributed by atoms with Crippen molar-refractivity contribution in [3.05, 3.63) is 71.2 Å². The molecule has 1 N–H and O–H groups in total. The number of hydrogen-bond acceptors (Lipinski definition) is 5. The minimum absolute atomic E-state index is 0.0838. The summed E-state index contributed by atoms with van der Waals surface area (Å²) in [6.45, 7) is 6.18. The van der Waals surface area contributed by atoms with Crippen LogP contribution in [0.25, 0.3) is 6.08 Å². The predicted molar refractivity (Wildman–Crippen MR) is 115 cm³/mol. The molecule has 3 rings (SSSR count). The van der Waals surface area contributed by atoms with Crippen molar-refractivity contribution in [2.75, 3.05) is 13.7 Å². The molecule has 144 valence electrons. The molecule has 28 heavy (non-hydrogen) atoms. The number of phenols is 1. The molecule has 0 bridgehead atoms. The lowest BCUT2D eigenvalue weighted by Crippen LogP contribution is -2.28. The number of amidine groups is 1. The van der Waals surface area contributed by atoms with Gasteiger partial charge in [0.25, 0.3) is 5.91 Å². The molecule has 0 spiro atoms. The molecule has 0 saturated carbocycles. The van der Waals surface area contributed by atoms with Crippen LogP contribution in [0.15, 0.2) is 65.0 Å². The normalized spacial score (nSPS) is 16.8. The van der Waals surface area contributed by atoms with Crippen molar-refractivity contribution >= 4 is 34.6 Å². The molecule has 0 aliphatic carbocycles. The number of hydrogen-bond donors (Lipinski definition) is 1. The number of thioether (sulfide) groups is 1. The van der Waals surface area contributed by atoms with Crippen LogP contribution < -0.4 is 4.74 Å². The molecule has 1 fully saturated rings. The van der Waals surface area contributed by atoms with E-state index in [1.807, 2.05) is 43.3 Å². The van der Waals surface area contributed by atoms with Crippen molar-refractivity contribution in [2.45, 2.75) is 13.3 Å². The third kappa shape index (κ3) is 4.12. The number of aromatic hydroxyl groups is 1. The molecule has 0 unspecified atom stereocenters. The number of ether oxygens (including phenoxy) is 1. The molecule has 1 aliphatic heterocycles. The van der Waals surface area contributed by atoms with Crippen molar-refractivity contribution in [1.82, 2.24) is 4.90 Å². The van der Waals surface area contributed by atoms with E-state index in [1.165, 1.54) is 18.9 Å². The number of amides is 1. The van der Waals surface area contributed by atoms with E-state index >= 15 is 0 Å². The molecule has 2 aromatic rings. The fourth-order valence-electron chi connectivity index (χ4n) is 2.87. The van der Waals surface area contributed by atoms with Crippen LogP contribution in [-0.4, -0.2) is 34.7 Å². The highest BCUT2D eigenvalue weighted by molar-refractivity contribution is 8.18. The van der Waals surface area contributed by atoms with Gasteiger partial charge in [-0.05, 0) is 61.0 Å². The first-order valence-electron chi connectivity index (χ1n) is 8.93. The van der Waals surface area contributed by atoms with E-state index in [0.29, 0.717) is 34.4 Å². The van der Waals surface area contributed by atoms with Gasteiger partial charge in [-0.25, -0.2) is 4.99 Å². The van der Waals surface area contributed by atoms with Crippen molar-refractivity contribution < 1.29 is 14.6 Å². The minimum Gasteiger partial charge on any atom is -0.504 e. The van der Waals surface area contributed by atoms with Crippen LogP contribution in [0.3, 0.4) is 0 Å². The van der Waals surface area contributed by atoms with E-state index in [0.717, 1.165) is 11.3 Å². The summed E-state index contributed by atoms with van der Waals surface area (Å²) in [5.41, 5.74) is 2.28. The van der Waals surface area contributed by atoms with Gasteiger partial charge in [0.15, 0.2) is 16.7 Å². The first kappa shape index (κ1) is 19.8. The fourth-order valence-corrected chi connectivity index (χ4v) is 3.94. The molecule has 0 aromatic heterocycles. The summed E-state index contributed by atoms with van der Waals surface area (Å²) in [5, 5.41) is 10.9. The highest BCUT2D eigenvalue weighted by atomic mass is 32.2. The Kier molecular flexibility index (Phi) is 6.21. The van der Waals surface area contributed by atoms with Gasteiger partial charge in [0.2, 0.25) is 0 Å². The quantitative estimate of drug-likeness (QED) is 0.567. The van der Waals surface area contributed by atoms with Crippen LogP contribution in [0, 0.1) is 0 Å². The Labute approximate surface area is 169 Å². The van der Waals surface area contributed by atoms with Gasteiger partial charge in [0.05, 0.1) is 17.7 Å². The van der Waals surface area contributed by atoms with Gasteiger partial charge in [0.1, 0.15) is 0 Å². The number of rotatable bonds is 6. The average molecular weight is 394 g/mol. The maximum absolute atomic E-state index is 12.8. The first-order chi connectivity index (χ1) is 13.6. The van der Waals surface area contributed by atoms with E-state index in [1.54, 1.807) is 23.1 Å². The summed E-state index contributed by atoms with van der Waals surface area (Å²) in [6.07, 6.45) is 4.02. The minimum atomic E-state index is -0.0838. The fraction of sp³-hybridized carbons (Fsp3) is 0.182. The summed E-state index contributed by atoms with van der Waals surface area (Å²) in [6, 6.07) is 13.1. The Bertz CT molecular complexity index is 952. The zero-order valence-corrected chi connectivity index (χ0v) is 16.7. The Morgan fingerprint density at radius 2 is 2.04 bits per heavy atom. The Morgan fingerprint density at radius 1 is 1.29 bits per heavy atom. The van der Waals surface area contributed by atoms with Crippen LogP contribution in [-0.2, 0) is 11.2 Å². The van der Waals surface area contributed by atoms with Crippen molar-refractivity contribution in [3.8, 4) is 11.5 Å². The predicted octanol–water partition coefficient (Wildman–Crippen LogP) is 4.75. The SMILES string of the molecule is C=CCc1cc(/C=C2/SC(=Nc3ccccc3)N(CC)C2=O)cc(OC)c1O. The second-order valence-corrected chi connectivity index (χ2v) is 7.12. The Balaban J connectivity index is 1.98. The van der Waals surface area contributed by atoms with Crippen molar-refractivity contribution in [2.24, 2.45) is 4.99 Å². The van der Waals surface area contributed by atoms with Crippen LogP contribution in [0.2, 0.25) is 0 Å². The van der Waals surface area contributed by atoms with Gasteiger partial charge in [0, 0.05) is 12.1 Å². The topological polar surface area (TPSA) is 62.1 Å². The van der Waals surface area contributed by atoms with E-state index < -0.39 is 0 Å². The van der Waals surface area contributed by atoms with E-state index in [4.69, 9.17) is 4.74 Å². The number of aliphatic imine (C=N–C) groups is 1. The molecule has 1 saturated heterocycles. The third-order valence-corrected chi connectivity index (χ3v) is 5.25. The number of methoxy groups -OCH3 is 1. The van der Waals surface area contributed by atoms with Gasteiger partial charge < -0.3 is 9.84 Å². The summed E-state index contributed by atoms with van der Waals surface area (Å²) < 4.78 is 5.27. The van der Waals surface area contributed by atoms with Crippen molar-refractivity contribution in [3.63, 3.8) is 0 Å². The standard InChI is InChI=1S/C22H22N2O3S/c1-4-9-16-12-15(13-18(27-3)20(16)25)14-19-21(26)24(5-2)22(28-19)23-17-10-7-6-8-11-17/h4,6-8,10-14,25H,1,5,9H2,2-3H3/b19-14+,23-22?. The van der Waals surface area contributed by atoms with Crippen LogP contribution in [0.4, 0.5) is 5.69 Å². The number of likely N-dealkylation sites (N-methyl/N-ethyl adjacent to an activating group) is 1. The van der Waals surface area contributed by atoms with Crippen LogP contribution >= 0.6 is 11.8 Å². The highest BCUT2D eigenvalue weighted by Gasteiger charge is 2.32. The lowest BCUT2D eigenvalue weighted by molar-refractivity contribution is -0.122. The van der Waals surface area contributed by atoms with E-state index in [9.17, 15) is 9.90 Å². The average Bonchev–Trinajstić information content (AvgIpc) is 2.99. The third-order valence-electron chi connectivity index (χ3n) is 4.24. The smallest absolute Gasteiger partial charge is 0.266 e. The number of carbonyl (C=O) groups excluding carboxylic acids is 1. The number of phenolic OH excluding ortho intramolecular Hbond substituents is 1. The van der Waals surface area contributed by atoms with Crippen LogP contribution in [0.1, 0.15) is 18.1 Å². The molecule has 2 aromatic carbocycles. The molecule has 0 radical (unpaired) electrons. The maximum Gasteiger partial charge on any atom is 0.266 e. The van der Waals surface area contributed by atoms with Crippen LogP contribution in [0.5, 0.6) is 11.5 Å². The lowest BCUT2D eigenvalue weighted by atomic mass is 10.1. The molecule has 0 atom stereocenters. The number of benzene rings is 2.